The molecule has 0 radical (unpaired) electrons. The second-order valence-corrected chi connectivity index (χ2v) is 4.54. The molecule has 0 aromatic heterocycles. The first-order valence-corrected chi connectivity index (χ1v) is 6.42. The van der Waals surface area contributed by atoms with Crippen molar-refractivity contribution in [2.75, 3.05) is 6.61 Å². The van der Waals surface area contributed by atoms with E-state index < -0.39 is 0 Å². The lowest BCUT2D eigenvalue weighted by Gasteiger charge is -2.19. The topological polar surface area (TPSA) is 43.4 Å². The summed E-state index contributed by atoms with van der Waals surface area (Å²) in [5.41, 5.74) is 0. The molecule has 1 fully saturated rings. The Kier molecular flexibility index (Phi) is 6.12. The SMILES string of the molecule is CCCCCCOC(=O)C1CCC(=O)CC1. The molecular weight excluding hydrogens is 204 g/mol. The number of hydrogen-bond donors (Lipinski definition) is 0. The molecular formula is C13H22O3. The first-order valence-electron chi connectivity index (χ1n) is 6.42. The molecule has 16 heavy (non-hydrogen) atoms. The van der Waals surface area contributed by atoms with Gasteiger partial charge >= 0.3 is 5.97 Å². The van der Waals surface area contributed by atoms with Crippen LogP contribution in [0.25, 0.3) is 0 Å². The van der Waals surface area contributed by atoms with Crippen molar-refractivity contribution in [2.24, 2.45) is 5.92 Å². The molecule has 0 N–H and O–H groups in total. The molecule has 0 saturated heterocycles. The van der Waals surface area contributed by atoms with E-state index in [0.717, 1.165) is 12.8 Å². The molecule has 3 heteroatoms. The Labute approximate surface area is 97.5 Å². The minimum atomic E-state index is -0.0935. The number of unbranched alkanes of at least 4 members (excludes halogenated alkanes) is 3. The van der Waals surface area contributed by atoms with Crippen LogP contribution in [-0.4, -0.2) is 18.4 Å². The Morgan fingerprint density at radius 1 is 1.25 bits per heavy atom. The molecule has 1 rings (SSSR count). The zero-order chi connectivity index (χ0) is 11.8. The maximum atomic E-state index is 11.6. The van der Waals surface area contributed by atoms with Crippen molar-refractivity contribution < 1.29 is 14.3 Å². The van der Waals surface area contributed by atoms with Gasteiger partial charge in [0.05, 0.1) is 12.5 Å². The van der Waals surface area contributed by atoms with E-state index in [1.165, 1.54) is 12.8 Å². The van der Waals surface area contributed by atoms with Gasteiger partial charge in [0.1, 0.15) is 5.78 Å². The van der Waals surface area contributed by atoms with E-state index in [0.29, 0.717) is 32.3 Å². The van der Waals surface area contributed by atoms with Crippen molar-refractivity contribution in [3.8, 4) is 0 Å². The summed E-state index contributed by atoms with van der Waals surface area (Å²) in [5.74, 6) is 0.167. The normalized spacial score (nSPS) is 17.4. The Balaban J connectivity index is 2.08. The van der Waals surface area contributed by atoms with Crippen LogP contribution >= 0.6 is 0 Å². The molecule has 92 valence electrons. The molecule has 3 nitrogen and oxygen atoms in total. The molecule has 0 aliphatic heterocycles. The summed E-state index contributed by atoms with van der Waals surface area (Å²) in [6.07, 6.45) is 6.97. The summed E-state index contributed by atoms with van der Waals surface area (Å²) >= 11 is 0. The molecule has 0 heterocycles. The van der Waals surface area contributed by atoms with Gasteiger partial charge in [-0.3, -0.25) is 9.59 Å². The van der Waals surface area contributed by atoms with E-state index in [1.54, 1.807) is 0 Å². The van der Waals surface area contributed by atoms with Crippen molar-refractivity contribution in [1.29, 1.82) is 0 Å². The summed E-state index contributed by atoms with van der Waals surface area (Å²) < 4.78 is 5.21. The van der Waals surface area contributed by atoms with Gasteiger partial charge in [0, 0.05) is 12.8 Å². The predicted molar refractivity (Wildman–Crippen MR) is 62.1 cm³/mol. The minimum absolute atomic E-state index is 0.0242. The highest BCUT2D eigenvalue weighted by Crippen LogP contribution is 2.22. The average molecular weight is 226 g/mol. The zero-order valence-corrected chi connectivity index (χ0v) is 10.2. The average Bonchev–Trinajstić information content (AvgIpc) is 2.29. The molecule has 0 aromatic carbocycles. The van der Waals surface area contributed by atoms with Gasteiger partial charge in [-0.15, -0.1) is 0 Å². The van der Waals surface area contributed by atoms with Crippen LogP contribution in [0, 0.1) is 5.92 Å². The van der Waals surface area contributed by atoms with Crippen LogP contribution in [0.3, 0.4) is 0 Å². The molecule has 1 saturated carbocycles. The Morgan fingerprint density at radius 3 is 2.56 bits per heavy atom. The van der Waals surface area contributed by atoms with Crippen molar-refractivity contribution in [3.63, 3.8) is 0 Å². The minimum Gasteiger partial charge on any atom is -0.465 e. The van der Waals surface area contributed by atoms with Crippen LogP contribution < -0.4 is 0 Å². The fraction of sp³-hybridized carbons (Fsp3) is 0.846. The van der Waals surface area contributed by atoms with Crippen LogP contribution in [-0.2, 0) is 14.3 Å². The highest BCUT2D eigenvalue weighted by molar-refractivity contribution is 5.82. The number of ketones is 1. The van der Waals surface area contributed by atoms with Crippen molar-refractivity contribution in [3.05, 3.63) is 0 Å². The van der Waals surface area contributed by atoms with E-state index in [9.17, 15) is 9.59 Å². The monoisotopic (exact) mass is 226 g/mol. The lowest BCUT2D eigenvalue weighted by atomic mass is 9.88. The van der Waals surface area contributed by atoms with Crippen LogP contribution in [0.15, 0.2) is 0 Å². The summed E-state index contributed by atoms with van der Waals surface area (Å²) in [7, 11) is 0. The molecule has 1 aliphatic carbocycles. The number of rotatable bonds is 6. The van der Waals surface area contributed by atoms with Gasteiger partial charge in [0.2, 0.25) is 0 Å². The van der Waals surface area contributed by atoms with Crippen LogP contribution in [0.2, 0.25) is 0 Å². The summed E-state index contributed by atoms with van der Waals surface area (Å²) in [6, 6.07) is 0. The summed E-state index contributed by atoms with van der Waals surface area (Å²) in [5, 5.41) is 0. The number of esters is 1. The molecule has 0 atom stereocenters. The number of Topliss-reactive ketones (excluding diaryl/α,β-unsaturated/α-hetero) is 1. The standard InChI is InChI=1S/C13H22O3/c1-2-3-4-5-10-16-13(15)11-6-8-12(14)9-7-11/h11H,2-10H2,1H3. The predicted octanol–water partition coefficient (Wildman–Crippen LogP) is 2.87. The van der Waals surface area contributed by atoms with E-state index in [-0.39, 0.29) is 17.7 Å². The largest absolute Gasteiger partial charge is 0.465 e. The number of carbonyl (C=O) groups is 2. The third-order valence-corrected chi connectivity index (χ3v) is 3.12. The van der Waals surface area contributed by atoms with E-state index in [1.807, 2.05) is 0 Å². The number of carbonyl (C=O) groups excluding carboxylic acids is 2. The highest BCUT2D eigenvalue weighted by Gasteiger charge is 2.25. The Morgan fingerprint density at radius 2 is 1.94 bits per heavy atom. The molecule has 0 bridgehead atoms. The van der Waals surface area contributed by atoms with Gasteiger partial charge in [-0.05, 0) is 19.3 Å². The lowest BCUT2D eigenvalue weighted by Crippen LogP contribution is -2.24. The van der Waals surface area contributed by atoms with Crippen LogP contribution in [0.1, 0.15) is 58.3 Å². The second-order valence-electron chi connectivity index (χ2n) is 4.54. The smallest absolute Gasteiger partial charge is 0.308 e. The Bertz CT molecular complexity index is 225. The summed E-state index contributed by atoms with van der Waals surface area (Å²) in [4.78, 5) is 22.6. The van der Waals surface area contributed by atoms with E-state index >= 15 is 0 Å². The van der Waals surface area contributed by atoms with Crippen molar-refractivity contribution in [1.82, 2.24) is 0 Å². The van der Waals surface area contributed by atoms with E-state index in [2.05, 4.69) is 6.92 Å². The van der Waals surface area contributed by atoms with Gasteiger partial charge in [-0.25, -0.2) is 0 Å². The first kappa shape index (κ1) is 13.2. The molecule has 1 aliphatic rings. The fourth-order valence-corrected chi connectivity index (χ4v) is 1.99. The number of ether oxygens (including phenoxy) is 1. The fourth-order valence-electron chi connectivity index (χ4n) is 1.99. The molecule has 0 aromatic rings. The third-order valence-electron chi connectivity index (χ3n) is 3.12. The maximum Gasteiger partial charge on any atom is 0.308 e. The first-order chi connectivity index (χ1) is 7.74. The third kappa shape index (κ3) is 4.77. The van der Waals surface area contributed by atoms with Gasteiger partial charge in [-0.1, -0.05) is 26.2 Å². The highest BCUT2D eigenvalue weighted by atomic mass is 16.5. The van der Waals surface area contributed by atoms with Crippen molar-refractivity contribution >= 4 is 11.8 Å². The second kappa shape index (κ2) is 7.42. The quantitative estimate of drug-likeness (QED) is 0.516. The maximum absolute atomic E-state index is 11.6. The zero-order valence-electron chi connectivity index (χ0n) is 10.2. The molecule has 0 amide bonds. The van der Waals surface area contributed by atoms with Gasteiger partial charge in [0.25, 0.3) is 0 Å². The van der Waals surface area contributed by atoms with Gasteiger partial charge in [0.15, 0.2) is 0 Å². The van der Waals surface area contributed by atoms with Gasteiger partial charge in [-0.2, -0.15) is 0 Å². The van der Waals surface area contributed by atoms with E-state index in [4.69, 9.17) is 4.74 Å². The molecule has 0 spiro atoms. The Hall–Kier alpha value is -0.860. The number of hydrogen-bond acceptors (Lipinski definition) is 3. The lowest BCUT2D eigenvalue weighted by molar-refractivity contribution is -0.150. The summed E-state index contributed by atoms with van der Waals surface area (Å²) in [6.45, 7) is 2.70. The van der Waals surface area contributed by atoms with Gasteiger partial charge < -0.3 is 4.74 Å². The van der Waals surface area contributed by atoms with Crippen molar-refractivity contribution in [2.45, 2.75) is 58.3 Å². The molecule has 0 unspecified atom stereocenters. The van der Waals surface area contributed by atoms with Crippen LogP contribution in [0.4, 0.5) is 0 Å². The van der Waals surface area contributed by atoms with Crippen LogP contribution in [0.5, 0.6) is 0 Å².